The van der Waals surface area contributed by atoms with E-state index in [1.807, 2.05) is 22.8 Å². The maximum absolute atomic E-state index is 15.4. The van der Waals surface area contributed by atoms with Crippen molar-refractivity contribution in [2.45, 2.75) is 65.0 Å². The minimum absolute atomic E-state index is 0.116. The van der Waals surface area contributed by atoms with E-state index in [0.717, 1.165) is 76.9 Å². The number of halogens is 1. The van der Waals surface area contributed by atoms with E-state index in [9.17, 15) is 24.3 Å². The van der Waals surface area contributed by atoms with Crippen LogP contribution in [0.25, 0.3) is 10.9 Å². The maximum atomic E-state index is 15.4. The van der Waals surface area contributed by atoms with Gasteiger partial charge in [-0.15, -0.1) is 0 Å². The quantitative estimate of drug-likeness (QED) is 0.182. The molecule has 1 saturated carbocycles. The molecule has 0 bridgehead atoms. The van der Waals surface area contributed by atoms with Crippen LogP contribution in [0, 0.1) is 24.6 Å². The Balaban J connectivity index is 0.906. The number of benzene rings is 2. The lowest BCUT2D eigenvalue weighted by Crippen LogP contribution is -2.35. The minimum atomic E-state index is -1.30. The van der Waals surface area contributed by atoms with Crippen LogP contribution >= 0.6 is 0 Å². The fraction of sp³-hybridized carbons (Fsp3) is 0.459. The van der Waals surface area contributed by atoms with Crippen molar-refractivity contribution >= 4 is 34.1 Å². The van der Waals surface area contributed by atoms with Crippen molar-refractivity contribution in [2.24, 2.45) is 11.8 Å². The number of aromatic carboxylic acids is 1. The molecule has 3 aliphatic rings. The van der Waals surface area contributed by atoms with Gasteiger partial charge < -0.3 is 24.8 Å². The van der Waals surface area contributed by atoms with Crippen LogP contribution in [0.4, 0.5) is 21.6 Å². The summed E-state index contributed by atoms with van der Waals surface area (Å²) in [4.78, 5) is 57.3. The van der Waals surface area contributed by atoms with Gasteiger partial charge in [0, 0.05) is 62.1 Å². The van der Waals surface area contributed by atoms with E-state index in [-0.39, 0.29) is 22.6 Å². The van der Waals surface area contributed by atoms with Gasteiger partial charge in [0.1, 0.15) is 17.2 Å². The van der Waals surface area contributed by atoms with Gasteiger partial charge in [0.05, 0.1) is 11.2 Å². The molecule has 2 aromatic carbocycles. The largest absolute Gasteiger partial charge is 0.477 e. The first-order chi connectivity index (χ1) is 23.6. The van der Waals surface area contributed by atoms with E-state index >= 15 is 4.39 Å². The number of aromatic nitrogens is 3. The highest BCUT2D eigenvalue weighted by Crippen LogP contribution is 2.40. The summed E-state index contributed by atoms with van der Waals surface area (Å²) in [7, 11) is 0. The van der Waals surface area contributed by atoms with E-state index < -0.39 is 22.9 Å². The van der Waals surface area contributed by atoms with Crippen LogP contribution in [0.1, 0.15) is 66.6 Å². The van der Waals surface area contributed by atoms with Crippen molar-refractivity contribution in [1.29, 1.82) is 0 Å². The van der Waals surface area contributed by atoms with Crippen LogP contribution in [0.3, 0.4) is 0 Å². The molecule has 3 fully saturated rings. The number of hydrogen-bond acceptors (Lipinski definition) is 7. The predicted molar refractivity (Wildman–Crippen MR) is 188 cm³/mol. The first-order valence-electron chi connectivity index (χ1n) is 17.4. The number of anilines is 3. The molecule has 2 atom stereocenters. The van der Waals surface area contributed by atoms with Gasteiger partial charge in [-0.25, -0.2) is 14.0 Å². The van der Waals surface area contributed by atoms with E-state index in [2.05, 4.69) is 33.9 Å². The number of pyridine rings is 1. The average Bonchev–Trinajstić information content (AvgIpc) is 3.72. The fourth-order valence-corrected chi connectivity index (χ4v) is 7.74. The third-order valence-electron chi connectivity index (χ3n) is 10.6. The number of likely N-dealkylation sites (tertiary alicyclic amines) is 1. The Hall–Kier alpha value is -4.71. The Bertz CT molecular complexity index is 2050. The highest BCUT2D eigenvalue weighted by molar-refractivity contribution is 5.93. The lowest BCUT2D eigenvalue weighted by atomic mass is 10.0. The summed E-state index contributed by atoms with van der Waals surface area (Å²) in [6.45, 7) is 8.76. The molecular weight excluding hydrogens is 627 g/mol. The summed E-state index contributed by atoms with van der Waals surface area (Å²) in [5.74, 6) is -0.588. The molecule has 2 aromatic heterocycles. The number of carbonyl (C=O) groups is 1. The summed E-state index contributed by atoms with van der Waals surface area (Å²) in [6.07, 6.45) is 6.70. The van der Waals surface area contributed by atoms with E-state index in [1.165, 1.54) is 34.0 Å². The van der Waals surface area contributed by atoms with Crippen molar-refractivity contribution < 1.29 is 14.3 Å². The number of hydrogen-bond donors (Lipinski definition) is 3. The molecule has 1 aliphatic carbocycles. The normalized spacial score (nSPS) is 19.1. The molecule has 4 aromatic rings. The molecule has 258 valence electrons. The van der Waals surface area contributed by atoms with Gasteiger partial charge in [-0.1, -0.05) is 19.4 Å². The number of carboxylic acid groups (broad SMARTS) is 1. The first-order valence-corrected chi connectivity index (χ1v) is 17.4. The molecule has 0 spiro atoms. The zero-order chi connectivity index (χ0) is 34.4. The number of aryl methyl sites for hydroxylation is 2. The molecule has 2 saturated heterocycles. The number of fused-ring (bicyclic) bond motifs is 2. The molecule has 7 rings (SSSR count). The Labute approximate surface area is 283 Å². The topological polar surface area (TPSA) is 133 Å². The number of unbranched alkanes of at least 4 members (excludes halogenated alkanes) is 2. The number of nitrogens with zero attached hydrogens (tertiary/aromatic N) is 4. The Morgan fingerprint density at radius 2 is 1.71 bits per heavy atom. The first kappa shape index (κ1) is 32.8. The molecule has 49 heavy (non-hydrogen) atoms. The Morgan fingerprint density at radius 1 is 0.980 bits per heavy atom. The SMILES string of the molecule is CCc1cc(Nc2cc(=O)n(CCCCCN3CC4CN(c5cc6c(cc5F)c(=O)c(C(=O)O)cn6C5CC5)CC4C3)c(=O)[nH]2)ccc1C. The van der Waals surface area contributed by atoms with E-state index in [0.29, 0.717) is 35.4 Å². The van der Waals surface area contributed by atoms with E-state index in [4.69, 9.17) is 0 Å². The van der Waals surface area contributed by atoms with Crippen molar-refractivity contribution in [1.82, 2.24) is 19.0 Å². The smallest absolute Gasteiger partial charge is 0.341 e. The number of nitrogens with one attached hydrogen (secondary N) is 2. The predicted octanol–water partition coefficient (Wildman–Crippen LogP) is 4.88. The van der Waals surface area contributed by atoms with Crippen LogP contribution in [-0.4, -0.2) is 62.8 Å². The molecule has 0 radical (unpaired) electrons. The zero-order valence-electron chi connectivity index (χ0n) is 28.0. The molecular formula is C37H43FN6O5. The van der Waals surface area contributed by atoms with Gasteiger partial charge in [0.25, 0.3) is 5.56 Å². The molecule has 11 nitrogen and oxygen atoms in total. The molecule has 12 heteroatoms. The Morgan fingerprint density at radius 3 is 2.39 bits per heavy atom. The van der Waals surface area contributed by atoms with E-state index in [1.54, 1.807) is 6.07 Å². The maximum Gasteiger partial charge on any atom is 0.341 e. The van der Waals surface area contributed by atoms with Gasteiger partial charge >= 0.3 is 11.7 Å². The van der Waals surface area contributed by atoms with Crippen LogP contribution in [0.15, 0.2) is 57.0 Å². The number of carboxylic acids is 1. The molecule has 2 unspecified atom stereocenters. The minimum Gasteiger partial charge on any atom is -0.477 e. The van der Waals surface area contributed by atoms with Crippen LogP contribution < -0.4 is 26.9 Å². The van der Waals surface area contributed by atoms with Gasteiger partial charge in [0.2, 0.25) is 5.43 Å². The fourth-order valence-electron chi connectivity index (χ4n) is 7.74. The lowest BCUT2D eigenvalue weighted by molar-refractivity contribution is 0.0694. The zero-order valence-corrected chi connectivity index (χ0v) is 28.0. The Kier molecular flexibility index (Phi) is 8.91. The van der Waals surface area contributed by atoms with Gasteiger partial charge in [-0.05, 0) is 92.8 Å². The van der Waals surface area contributed by atoms with Gasteiger partial charge in [-0.2, -0.15) is 0 Å². The van der Waals surface area contributed by atoms with Gasteiger partial charge in [-0.3, -0.25) is 19.1 Å². The monoisotopic (exact) mass is 670 g/mol. The number of H-pyrrole nitrogens is 1. The highest BCUT2D eigenvalue weighted by Gasteiger charge is 2.40. The van der Waals surface area contributed by atoms with Crippen LogP contribution in [0.5, 0.6) is 0 Å². The van der Waals surface area contributed by atoms with Crippen molar-refractivity contribution in [3.05, 3.63) is 96.2 Å². The molecule has 3 N–H and O–H groups in total. The summed E-state index contributed by atoms with van der Waals surface area (Å²) in [6, 6.07) is 10.5. The lowest BCUT2D eigenvalue weighted by Gasteiger charge is -2.24. The number of aromatic amines is 1. The second kappa shape index (κ2) is 13.3. The summed E-state index contributed by atoms with van der Waals surface area (Å²) < 4.78 is 18.5. The summed E-state index contributed by atoms with van der Waals surface area (Å²) in [5.41, 5.74) is 2.59. The third-order valence-corrected chi connectivity index (χ3v) is 10.6. The third kappa shape index (κ3) is 6.66. The van der Waals surface area contributed by atoms with Gasteiger partial charge in [0.15, 0.2) is 0 Å². The number of rotatable bonds is 12. The summed E-state index contributed by atoms with van der Waals surface area (Å²) in [5, 5.41) is 12.8. The second-order valence-electron chi connectivity index (χ2n) is 14.0. The molecule has 0 amide bonds. The molecule has 2 aliphatic heterocycles. The standard InChI is InChI=1S/C37H43FN6O5/c1-3-23-13-26(8-7-22(23)2)39-33-16-34(45)43(37(49)40-33)12-6-4-5-11-41-17-24-19-42(20-25(24)18-41)32-15-31-28(14-30(32)38)35(46)29(36(47)48)21-44(31)27-9-10-27/h7-8,13-16,21,24-25,27,39H,3-6,9-12,17-20H2,1-2H3,(H,40,49)(H,47,48). The van der Waals surface area contributed by atoms with Crippen LogP contribution in [0.2, 0.25) is 0 Å². The van der Waals surface area contributed by atoms with Crippen molar-refractivity contribution in [3.63, 3.8) is 0 Å². The summed E-state index contributed by atoms with van der Waals surface area (Å²) >= 11 is 0. The van der Waals surface area contributed by atoms with Crippen molar-refractivity contribution in [2.75, 3.05) is 42.9 Å². The van der Waals surface area contributed by atoms with Crippen molar-refractivity contribution in [3.8, 4) is 0 Å². The van der Waals surface area contributed by atoms with Crippen LogP contribution in [-0.2, 0) is 13.0 Å². The molecule has 4 heterocycles. The average molecular weight is 671 g/mol. The highest BCUT2D eigenvalue weighted by atomic mass is 19.1. The second-order valence-corrected chi connectivity index (χ2v) is 14.0.